The van der Waals surface area contributed by atoms with Crippen LogP contribution in [0.4, 0.5) is 0 Å². The van der Waals surface area contributed by atoms with Crippen LogP contribution in [0.15, 0.2) is 18.2 Å². The monoisotopic (exact) mass is 223 g/mol. The van der Waals surface area contributed by atoms with Crippen LogP contribution in [0.3, 0.4) is 0 Å². The van der Waals surface area contributed by atoms with E-state index in [9.17, 15) is 0 Å². The minimum Gasteiger partial charge on any atom is -0.494 e. The molecule has 2 N–H and O–H groups in total. The molecule has 2 atom stereocenters. The van der Waals surface area contributed by atoms with E-state index in [2.05, 4.69) is 19.1 Å². The number of ether oxygens (including phenoxy) is 1. The van der Waals surface area contributed by atoms with Crippen molar-refractivity contribution in [1.82, 2.24) is 0 Å². The smallest absolute Gasteiger partial charge is 0.119 e. The van der Waals surface area contributed by atoms with E-state index in [0.29, 0.717) is 11.9 Å². The maximum Gasteiger partial charge on any atom is 0.119 e. The van der Waals surface area contributed by atoms with Crippen molar-refractivity contribution in [3.05, 3.63) is 29.3 Å². The third kappa shape index (κ3) is 2.13. The maximum absolute atomic E-state index is 6.18. The summed E-state index contributed by atoms with van der Waals surface area (Å²) in [5.74, 6) is 2.00. The van der Waals surface area contributed by atoms with Gasteiger partial charge in [0.05, 0.1) is 6.61 Å². The summed E-state index contributed by atoms with van der Waals surface area (Å²) in [4.78, 5) is 0. The van der Waals surface area contributed by atoms with Crippen LogP contribution >= 0.6 is 11.8 Å². The fraction of sp³-hybridized carbons (Fsp3) is 0.500. The highest BCUT2D eigenvalue weighted by Crippen LogP contribution is 2.37. The predicted molar refractivity (Wildman–Crippen MR) is 65.3 cm³/mol. The molecule has 2 unspecified atom stereocenters. The van der Waals surface area contributed by atoms with E-state index < -0.39 is 0 Å². The first-order valence-corrected chi connectivity index (χ1v) is 6.40. The van der Waals surface area contributed by atoms with Crippen molar-refractivity contribution < 1.29 is 4.74 Å². The van der Waals surface area contributed by atoms with Gasteiger partial charge in [-0.2, -0.15) is 11.8 Å². The molecular formula is C12H17NOS. The third-order valence-corrected chi connectivity index (χ3v) is 4.09. The van der Waals surface area contributed by atoms with Crippen LogP contribution < -0.4 is 10.5 Å². The molecule has 0 amide bonds. The van der Waals surface area contributed by atoms with Gasteiger partial charge in [0.2, 0.25) is 0 Å². The molecule has 2 rings (SSSR count). The van der Waals surface area contributed by atoms with Crippen molar-refractivity contribution in [2.24, 2.45) is 5.73 Å². The fourth-order valence-corrected chi connectivity index (χ4v) is 2.91. The highest BCUT2D eigenvalue weighted by Gasteiger charge is 2.23. The Kier molecular flexibility index (Phi) is 3.22. The summed E-state index contributed by atoms with van der Waals surface area (Å²) in [7, 11) is 0. The van der Waals surface area contributed by atoms with Crippen molar-refractivity contribution in [2.45, 2.75) is 30.9 Å². The van der Waals surface area contributed by atoms with E-state index in [-0.39, 0.29) is 6.04 Å². The average Bonchev–Trinajstić information content (AvgIpc) is 2.25. The quantitative estimate of drug-likeness (QED) is 0.837. The molecule has 1 aromatic carbocycles. The standard InChI is InChI=1S/C12H17NOS/c1-3-14-10-5-4-9-7-15-8(2)12(13)11(9)6-10/h4-6,8,12H,3,7,13H2,1-2H3. The second kappa shape index (κ2) is 4.45. The molecule has 15 heavy (non-hydrogen) atoms. The Morgan fingerprint density at radius 2 is 2.33 bits per heavy atom. The zero-order chi connectivity index (χ0) is 10.8. The maximum atomic E-state index is 6.18. The summed E-state index contributed by atoms with van der Waals surface area (Å²) in [6, 6.07) is 6.41. The van der Waals surface area contributed by atoms with Crippen molar-refractivity contribution in [1.29, 1.82) is 0 Å². The van der Waals surface area contributed by atoms with Crippen LogP contribution in [0.2, 0.25) is 0 Å². The van der Waals surface area contributed by atoms with Crippen molar-refractivity contribution in [2.75, 3.05) is 6.61 Å². The van der Waals surface area contributed by atoms with Crippen LogP contribution in [0.1, 0.15) is 31.0 Å². The first kappa shape index (κ1) is 10.8. The molecule has 82 valence electrons. The van der Waals surface area contributed by atoms with Crippen LogP contribution in [0.5, 0.6) is 5.75 Å². The van der Waals surface area contributed by atoms with E-state index in [1.54, 1.807) is 0 Å². The summed E-state index contributed by atoms with van der Waals surface area (Å²) >= 11 is 1.92. The van der Waals surface area contributed by atoms with E-state index in [4.69, 9.17) is 10.5 Å². The van der Waals surface area contributed by atoms with Crippen LogP contribution in [0.25, 0.3) is 0 Å². The molecule has 1 heterocycles. The molecule has 0 aliphatic carbocycles. The molecular weight excluding hydrogens is 206 g/mol. The Balaban J connectivity index is 2.32. The predicted octanol–water partition coefficient (Wildman–Crippen LogP) is 2.72. The molecule has 2 nitrogen and oxygen atoms in total. The Labute approximate surface area is 95.2 Å². The van der Waals surface area contributed by atoms with Gasteiger partial charge >= 0.3 is 0 Å². The van der Waals surface area contributed by atoms with Gasteiger partial charge in [0.15, 0.2) is 0 Å². The number of thioether (sulfide) groups is 1. The van der Waals surface area contributed by atoms with Gasteiger partial charge in [-0.05, 0) is 30.2 Å². The molecule has 1 aliphatic rings. The molecule has 0 bridgehead atoms. The SMILES string of the molecule is CCOc1ccc2c(c1)C(N)C(C)SC2. The molecule has 0 saturated heterocycles. The normalized spacial score (nSPS) is 24.7. The lowest BCUT2D eigenvalue weighted by molar-refractivity contribution is 0.339. The van der Waals surface area contributed by atoms with Crippen molar-refractivity contribution in [3.63, 3.8) is 0 Å². The lowest BCUT2D eigenvalue weighted by Gasteiger charge is -2.28. The molecule has 0 radical (unpaired) electrons. The number of hydrogen-bond acceptors (Lipinski definition) is 3. The zero-order valence-electron chi connectivity index (χ0n) is 9.19. The Bertz CT molecular complexity index is 353. The molecule has 0 aromatic heterocycles. The van der Waals surface area contributed by atoms with Crippen molar-refractivity contribution >= 4 is 11.8 Å². The molecule has 1 aromatic rings. The summed E-state index contributed by atoms with van der Waals surface area (Å²) in [5, 5.41) is 0.495. The largest absolute Gasteiger partial charge is 0.494 e. The van der Waals surface area contributed by atoms with E-state index >= 15 is 0 Å². The van der Waals surface area contributed by atoms with Gasteiger partial charge in [0, 0.05) is 17.0 Å². The zero-order valence-corrected chi connectivity index (χ0v) is 10.0. The summed E-state index contributed by atoms with van der Waals surface area (Å²) < 4.78 is 5.49. The number of hydrogen-bond donors (Lipinski definition) is 1. The average molecular weight is 223 g/mol. The van der Waals surface area contributed by atoms with Crippen LogP contribution in [0, 0.1) is 0 Å². The molecule has 1 aliphatic heterocycles. The second-order valence-corrected chi connectivity index (χ2v) is 5.20. The first-order valence-electron chi connectivity index (χ1n) is 5.35. The van der Waals surface area contributed by atoms with Gasteiger partial charge in [0.1, 0.15) is 5.75 Å². The Hall–Kier alpha value is -0.670. The highest BCUT2D eigenvalue weighted by molar-refractivity contribution is 7.99. The molecule has 0 saturated carbocycles. The second-order valence-electron chi connectivity index (χ2n) is 3.84. The van der Waals surface area contributed by atoms with Crippen LogP contribution in [-0.4, -0.2) is 11.9 Å². The minimum atomic E-state index is 0.138. The van der Waals surface area contributed by atoms with Crippen molar-refractivity contribution in [3.8, 4) is 5.75 Å². The fourth-order valence-electron chi connectivity index (χ4n) is 1.85. The lowest BCUT2D eigenvalue weighted by atomic mass is 9.99. The highest BCUT2D eigenvalue weighted by atomic mass is 32.2. The van der Waals surface area contributed by atoms with E-state index in [0.717, 1.165) is 11.5 Å². The molecule has 0 fully saturated rings. The number of benzene rings is 1. The number of rotatable bonds is 2. The summed E-state index contributed by atoms with van der Waals surface area (Å²) in [6.07, 6.45) is 0. The summed E-state index contributed by atoms with van der Waals surface area (Å²) in [5.41, 5.74) is 8.79. The Morgan fingerprint density at radius 1 is 1.53 bits per heavy atom. The van der Waals surface area contributed by atoms with Gasteiger partial charge in [-0.25, -0.2) is 0 Å². The first-order chi connectivity index (χ1) is 7.22. The van der Waals surface area contributed by atoms with Gasteiger partial charge in [0.25, 0.3) is 0 Å². The number of nitrogens with two attached hydrogens (primary N) is 1. The van der Waals surface area contributed by atoms with E-state index in [1.165, 1.54) is 11.1 Å². The van der Waals surface area contributed by atoms with Gasteiger partial charge in [-0.1, -0.05) is 13.0 Å². The third-order valence-electron chi connectivity index (χ3n) is 2.79. The minimum absolute atomic E-state index is 0.138. The molecule has 3 heteroatoms. The number of fused-ring (bicyclic) bond motifs is 1. The van der Waals surface area contributed by atoms with Crippen LogP contribution in [-0.2, 0) is 5.75 Å². The lowest BCUT2D eigenvalue weighted by Crippen LogP contribution is -2.25. The Morgan fingerprint density at radius 3 is 3.07 bits per heavy atom. The summed E-state index contributed by atoms with van der Waals surface area (Å²) in [6.45, 7) is 4.89. The van der Waals surface area contributed by atoms with E-state index in [1.807, 2.05) is 24.8 Å². The van der Waals surface area contributed by atoms with Gasteiger partial charge < -0.3 is 10.5 Å². The topological polar surface area (TPSA) is 35.2 Å². The molecule has 0 spiro atoms. The van der Waals surface area contributed by atoms with Gasteiger partial charge in [-0.15, -0.1) is 0 Å². The van der Waals surface area contributed by atoms with Gasteiger partial charge in [-0.3, -0.25) is 0 Å².